The maximum Gasteiger partial charge on any atom is 0.203 e. The van der Waals surface area contributed by atoms with E-state index in [1.54, 1.807) is 18.4 Å². The molecule has 0 saturated heterocycles. The fourth-order valence-electron chi connectivity index (χ4n) is 1.67. The van der Waals surface area contributed by atoms with Crippen molar-refractivity contribution in [3.8, 4) is 0 Å². The van der Waals surface area contributed by atoms with Crippen LogP contribution in [0.1, 0.15) is 57.0 Å². The molecule has 1 aromatic rings. The monoisotopic (exact) mass is 208 g/mol. The Morgan fingerprint density at radius 1 is 1.40 bits per heavy atom. The van der Waals surface area contributed by atoms with Crippen molar-refractivity contribution >= 4 is 5.78 Å². The van der Waals surface area contributed by atoms with Crippen LogP contribution < -0.4 is 0 Å². The van der Waals surface area contributed by atoms with Gasteiger partial charge in [-0.3, -0.25) is 4.79 Å². The van der Waals surface area contributed by atoms with Gasteiger partial charge in [0.25, 0.3) is 0 Å². The molecule has 0 N–H and O–H groups in total. The zero-order valence-corrected chi connectivity index (χ0v) is 9.88. The molecule has 0 aliphatic heterocycles. The Morgan fingerprint density at radius 3 is 2.67 bits per heavy atom. The van der Waals surface area contributed by atoms with Crippen molar-refractivity contribution in [1.82, 2.24) is 0 Å². The van der Waals surface area contributed by atoms with Gasteiger partial charge in [0.15, 0.2) is 5.76 Å². The van der Waals surface area contributed by atoms with E-state index in [1.807, 2.05) is 13.8 Å². The molecule has 0 saturated carbocycles. The zero-order chi connectivity index (χ0) is 11.3. The summed E-state index contributed by atoms with van der Waals surface area (Å²) in [6.07, 6.45) is 5.96. The number of carbonyl (C=O) groups is 1. The predicted molar refractivity (Wildman–Crippen MR) is 61.0 cm³/mol. The first kappa shape index (κ1) is 12.0. The van der Waals surface area contributed by atoms with Gasteiger partial charge in [0.2, 0.25) is 5.78 Å². The molecule has 0 fully saturated rings. The lowest BCUT2D eigenvalue weighted by atomic mass is 9.81. The van der Waals surface area contributed by atoms with Crippen LogP contribution in [-0.4, -0.2) is 5.78 Å². The Bertz CT molecular complexity index is 296. The van der Waals surface area contributed by atoms with Gasteiger partial charge in [-0.15, -0.1) is 0 Å². The third kappa shape index (κ3) is 3.22. The molecule has 0 aliphatic carbocycles. The topological polar surface area (TPSA) is 30.2 Å². The van der Waals surface area contributed by atoms with Crippen LogP contribution in [0.4, 0.5) is 0 Å². The van der Waals surface area contributed by atoms with Crippen molar-refractivity contribution in [2.45, 2.75) is 46.5 Å². The molecule has 0 spiro atoms. The van der Waals surface area contributed by atoms with Crippen molar-refractivity contribution in [2.75, 3.05) is 0 Å². The number of hydrogen-bond acceptors (Lipinski definition) is 2. The lowest BCUT2D eigenvalue weighted by Gasteiger charge is -2.21. The molecule has 0 unspecified atom stereocenters. The summed E-state index contributed by atoms with van der Waals surface area (Å²) in [5, 5.41) is 0. The average molecular weight is 208 g/mol. The van der Waals surface area contributed by atoms with Crippen molar-refractivity contribution < 1.29 is 9.21 Å². The average Bonchev–Trinajstić information content (AvgIpc) is 2.69. The molecule has 1 aromatic heterocycles. The van der Waals surface area contributed by atoms with Gasteiger partial charge in [0.05, 0.1) is 6.26 Å². The van der Waals surface area contributed by atoms with E-state index in [9.17, 15) is 4.79 Å². The lowest BCUT2D eigenvalue weighted by Crippen LogP contribution is -2.23. The molecular formula is C13H20O2. The molecule has 1 heterocycles. The Labute approximate surface area is 91.7 Å². The third-order valence-electron chi connectivity index (χ3n) is 2.76. The molecule has 2 nitrogen and oxygen atoms in total. The highest BCUT2D eigenvalue weighted by atomic mass is 16.3. The van der Waals surface area contributed by atoms with Crippen LogP contribution in [0.3, 0.4) is 0 Å². The molecular weight excluding hydrogens is 188 g/mol. The van der Waals surface area contributed by atoms with Gasteiger partial charge in [0.1, 0.15) is 0 Å². The molecule has 84 valence electrons. The summed E-state index contributed by atoms with van der Waals surface area (Å²) in [5.74, 6) is 0.597. The quantitative estimate of drug-likeness (QED) is 0.521. The maximum absolute atomic E-state index is 12.0. The second kappa shape index (κ2) is 5.15. The van der Waals surface area contributed by atoms with E-state index in [0.717, 1.165) is 12.8 Å². The summed E-state index contributed by atoms with van der Waals surface area (Å²) in [5.41, 5.74) is -0.299. The fourth-order valence-corrected chi connectivity index (χ4v) is 1.67. The Hall–Kier alpha value is -1.05. The number of ketones is 1. The van der Waals surface area contributed by atoms with Gasteiger partial charge in [-0.1, -0.05) is 40.0 Å². The highest BCUT2D eigenvalue weighted by molar-refractivity contribution is 5.97. The molecule has 0 amide bonds. The number of hydrogen-bond donors (Lipinski definition) is 0. The molecule has 0 bridgehead atoms. The van der Waals surface area contributed by atoms with Crippen molar-refractivity contribution in [1.29, 1.82) is 0 Å². The normalized spacial score (nSPS) is 11.7. The Kier molecular flexibility index (Phi) is 4.13. The number of rotatable bonds is 6. The smallest absolute Gasteiger partial charge is 0.203 e. The fraction of sp³-hybridized carbons (Fsp3) is 0.615. The highest BCUT2D eigenvalue weighted by Crippen LogP contribution is 2.28. The molecule has 2 heteroatoms. The van der Waals surface area contributed by atoms with Crippen LogP contribution in [0, 0.1) is 5.41 Å². The summed E-state index contributed by atoms with van der Waals surface area (Å²) < 4.78 is 5.14. The van der Waals surface area contributed by atoms with Crippen LogP contribution in [0.15, 0.2) is 22.8 Å². The molecule has 1 rings (SSSR count). The largest absolute Gasteiger partial charge is 0.461 e. The van der Waals surface area contributed by atoms with E-state index < -0.39 is 0 Å². The number of furan rings is 1. The van der Waals surface area contributed by atoms with E-state index in [-0.39, 0.29) is 11.2 Å². The summed E-state index contributed by atoms with van der Waals surface area (Å²) in [6.45, 7) is 6.16. The van der Waals surface area contributed by atoms with Crippen molar-refractivity contribution in [3.63, 3.8) is 0 Å². The minimum Gasteiger partial charge on any atom is -0.461 e. The van der Waals surface area contributed by atoms with E-state index in [1.165, 1.54) is 12.8 Å². The zero-order valence-electron chi connectivity index (χ0n) is 9.88. The molecule has 15 heavy (non-hydrogen) atoms. The summed E-state index contributed by atoms with van der Waals surface area (Å²) in [6, 6.07) is 3.50. The maximum atomic E-state index is 12.0. The van der Waals surface area contributed by atoms with Crippen LogP contribution in [0.2, 0.25) is 0 Å². The minimum absolute atomic E-state index is 0.114. The Balaban J connectivity index is 2.57. The summed E-state index contributed by atoms with van der Waals surface area (Å²) in [7, 11) is 0. The Morgan fingerprint density at radius 2 is 2.13 bits per heavy atom. The van der Waals surface area contributed by atoms with Gasteiger partial charge in [-0.25, -0.2) is 0 Å². The van der Waals surface area contributed by atoms with E-state index in [0.29, 0.717) is 5.76 Å². The van der Waals surface area contributed by atoms with Crippen LogP contribution >= 0.6 is 0 Å². The van der Waals surface area contributed by atoms with Crippen molar-refractivity contribution in [3.05, 3.63) is 24.2 Å². The van der Waals surface area contributed by atoms with Gasteiger partial charge in [-0.05, 0) is 18.6 Å². The van der Waals surface area contributed by atoms with Gasteiger partial charge >= 0.3 is 0 Å². The minimum atomic E-state index is -0.299. The molecule has 0 aromatic carbocycles. The van der Waals surface area contributed by atoms with Crippen LogP contribution in [0.5, 0.6) is 0 Å². The van der Waals surface area contributed by atoms with Gasteiger partial charge < -0.3 is 4.42 Å². The van der Waals surface area contributed by atoms with E-state index in [4.69, 9.17) is 4.42 Å². The number of unbranched alkanes of at least 4 members (excludes halogenated alkanes) is 2. The second-order valence-corrected chi connectivity index (χ2v) is 4.65. The van der Waals surface area contributed by atoms with Crippen LogP contribution in [-0.2, 0) is 0 Å². The van der Waals surface area contributed by atoms with Gasteiger partial charge in [0, 0.05) is 5.41 Å². The van der Waals surface area contributed by atoms with Crippen molar-refractivity contribution in [2.24, 2.45) is 5.41 Å². The van der Waals surface area contributed by atoms with Crippen LogP contribution in [0.25, 0.3) is 0 Å². The molecule has 0 aliphatic rings. The predicted octanol–water partition coefficient (Wildman–Crippen LogP) is 4.07. The molecule has 0 radical (unpaired) electrons. The number of Topliss-reactive ketones (excluding diaryl/α,β-unsaturated/α-hetero) is 1. The first-order valence-electron chi connectivity index (χ1n) is 5.66. The summed E-state index contributed by atoms with van der Waals surface area (Å²) in [4.78, 5) is 12.0. The third-order valence-corrected chi connectivity index (χ3v) is 2.76. The standard InChI is InChI=1S/C13H20O2/c1-4-5-6-9-13(2,3)12(14)11-8-7-10-15-11/h7-8,10H,4-6,9H2,1-3H3. The number of carbonyl (C=O) groups excluding carboxylic acids is 1. The lowest BCUT2D eigenvalue weighted by molar-refractivity contribution is 0.0792. The van der Waals surface area contributed by atoms with E-state index in [2.05, 4.69) is 6.92 Å². The first-order chi connectivity index (χ1) is 7.08. The summed E-state index contributed by atoms with van der Waals surface area (Å²) >= 11 is 0. The first-order valence-corrected chi connectivity index (χ1v) is 5.66. The second-order valence-electron chi connectivity index (χ2n) is 4.65. The SMILES string of the molecule is CCCCCC(C)(C)C(=O)c1ccco1. The highest BCUT2D eigenvalue weighted by Gasteiger charge is 2.29. The van der Waals surface area contributed by atoms with Gasteiger partial charge in [-0.2, -0.15) is 0 Å². The van der Waals surface area contributed by atoms with E-state index >= 15 is 0 Å². The molecule has 0 atom stereocenters.